The van der Waals surface area contributed by atoms with Crippen molar-refractivity contribution in [2.24, 2.45) is 5.41 Å². The Kier molecular flexibility index (Phi) is 11.3. The molecule has 0 saturated heterocycles. The van der Waals surface area contributed by atoms with Crippen molar-refractivity contribution in [1.82, 2.24) is 0 Å². The van der Waals surface area contributed by atoms with Crippen molar-refractivity contribution >= 4 is 10.8 Å². The van der Waals surface area contributed by atoms with Crippen molar-refractivity contribution in [3.8, 4) is 11.1 Å². The number of allylic oxidation sites excluding steroid dienone is 4. The molecule has 0 nitrogen and oxygen atoms in total. The summed E-state index contributed by atoms with van der Waals surface area (Å²) in [5, 5.41) is 2.63. The Morgan fingerprint density at radius 3 is 1.86 bits per heavy atom. The van der Waals surface area contributed by atoms with Gasteiger partial charge in [0, 0.05) is 0 Å². The first-order valence-corrected chi connectivity index (χ1v) is 8.89. The van der Waals surface area contributed by atoms with Gasteiger partial charge in [-0.2, -0.15) is 11.1 Å². The second kappa shape index (κ2) is 11.5. The second-order valence-electron chi connectivity index (χ2n) is 7.36. The summed E-state index contributed by atoms with van der Waals surface area (Å²) < 4.78 is 0. The van der Waals surface area contributed by atoms with Crippen LogP contribution in [-0.4, -0.2) is 0 Å². The summed E-state index contributed by atoms with van der Waals surface area (Å²) in [5.41, 5.74) is 6.98. The minimum absolute atomic E-state index is 0. The van der Waals surface area contributed by atoms with Gasteiger partial charge in [-0.3, -0.25) is 6.08 Å². The van der Waals surface area contributed by atoms with Crippen LogP contribution in [-0.2, 0) is 26.2 Å². The number of halogens is 2. The Morgan fingerprint density at radius 1 is 0.821 bits per heavy atom. The zero-order valence-corrected chi connectivity index (χ0v) is 22.7. The van der Waals surface area contributed by atoms with E-state index in [4.69, 9.17) is 0 Å². The molecule has 0 saturated carbocycles. The van der Waals surface area contributed by atoms with Crippen LogP contribution in [0.2, 0.25) is 0 Å². The first kappa shape index (κ1) is 27.4. The summed E-state index contributed by atoms with van der Waals surface area (Å²) in [6.07, 6.45) is 3.44. The summed E-state index contributed by atoms with van der Waals surface area (Å²) >= 11 is 0. The van der Waals surface area contributed by atoms with Crippen LogP contribution in [0.3, 0.4) is 0 Å². The molecule has 3 heteroatoms. The van der Waals surface area contributed by atoms with E-state index in [2.05, 4.69) is 101 Å². The fourth-order valence-electron chi connectivity index (χ4n) is 3.35. The third kappa shape index (κ3) is 6.18. The quantitative estimate of drug-likeness (QED) is 0.384. The number of rotatable bonds is 1. The van der Waals surface area contributed by atoms with Crippen LogP contribution in [0, 0.1) is 11.5 Å². The smallest absolute Gasteiger partial charge is 1.00 e. The second-order valence-corrected chi connectivity index (χ2v) is 7.36. The normalized spacial score (nSPS) is 14.1. The fourth-order valence-corrected chi connectivity index (χ4v) is 3.35. The zero-order chi connectivity index (χ0) is 18.0. The van der Waals surface area contributed by atoms with Gasteiger partial charge in [-0.15, -0.1) is 41.5 Å². The van der Waals surface area contributed by atoms with E-state index in [1.54, 1.807) is 0 Å². The summed E-state index contributed by atoms with van der Waals surface area (Å²) in [5.74, 6) is 0. The van der Waals surface area contributed by atoms with E-state index in [1.807, 2.05) is 6.07 Å². The largest absolute Gasteiger partial charge is 4.00 e. The Labute approximate surface area is 210 Å². The van der Waals surface area contributed by atoms with E-state index in [9.17, 15) is 0 Å². The Balaban J connectivity index is 0.000000503. The molecule has 0 N–H and O–H groups in total. The van der Waals surface area contributed by atoms with Crippen molar-refractivity contribution in [3.05, 3.63) is 89.5 Å². The molecule has 4 rings (SSSR count). The standard InChI is InChI=1S/C15H11.C10H15.2BrH.Zr/c1-2-6-12(7-3-1)15-10-13-8-4-5-9-14(13)11-15;1-7-6-10(4,5)9(3)8(7)2;;;/h1-11H;1-5H3;2*1H;/q2*-1;;;+4/p-2. The molecule has 0 atom stereocenters. The van der Waals surface area contributed by atoms with Gasteiger partial charge in [0.2, 0.25) is 0 Å². The Morgan fingerprint density at radius 2 is 1.39 bits per heavy atom. The van der Waals surface area contributed by atoms with Crippen molar-refractivity contribution < 1.29 is 60.2 Å². The molecule has 0 aromatic heterocycles. The number of fused-ring (bicyclic) bond motifs is 1. The molecule has 1 aliphatic rings. The third-order valence-corrected chi connectivity index (χ3v) is 5.29. The Hall–Kier alpha value is -0.627. The van der Waals surface area contributed by atoms with Gasteiger partial charge in [0.25, 0.3) is 0 Å². The van der Waals surface area contributed by atoms with E-state index >= 15 is 0 Å². The van der Waals surface area contributed by atoms with Gasteiger partial charge in [0.05, 0.1) is 0 Å². The van der Waals surface area contributed by atoms with Gasteiger partial charge >= 0.3 is 26.2 Å². The number of hydrogen-bond donors (Lipinski definition) is 0. The van der Waals surface area contributed by atoms with Crippen LogP contribution in [0.25, 0.3) is 21.9 Å². The van der Waals surface area contributed by atoms with Crippen LogP contribution in [0.15, 0.2) is 83.4 Å². The van der Waals surface area contributed by atoms with Crippen LogP contribution in [0.4, 0.5) is 0 Å². The van der Waals surface area contributed by atoms with Gasteiger partial charge in [-0.25, -0.2) is 5.57 Å². The molecule has 0 unspecified atom stereocenters. The van der Waals surface area contributed by atoms with Crippen LogP contribution in [0.1, 0.15) is 34.6 Å². The molecule has 0 amide bonds. The molecular formula is C25H26Br2Zr. The monoisotopic (exact) mass is 574 g/mol. The van der Waals surface area contributed by atoms with Gasteiger partial charge in [-0.05, 0) is 0 Å². The maximum atomic E-state index is 3.44. The SMILES string of the molecule is CC1=[C-]C(C)(C)C(C)=C1C.[Br-].[Br-].[Zr+4].c1ccc(-c2cc3ccccc3[cH-]2)cc1. The minimum atomic E-state index is 0. The van der Waals surface area contributed by atoms with Gasteiger partial charge in [-0.1, -0.05) is 87.2 Å². The predicted molar refractivity (Wildman–Crippen MR) is 110 cm³/mol. The van der Waals surface area contributed by atoms with E-state index in [0.29, 0.717) is 0 Å². The van der Waals surface area contributed by atoms with E-state index in [1.165, 1.54) is 38.6 Å². The van der Waals surface area contributed by atoms with Gasteiger partial charge in [0.15, 0.2) is 0 Å². The molecule has 3 aromatic carbocycles. The first-order valence-electron chi connectivity index (χ1n) is 8.89. The maximum absolute atomic E-state index is 3.44. The molecule has 0 aliphatic heterocycles. The molecule has 0 spiro atoms. The van der Waals surface area contributed by atoms with Gasteiger partial charge in [0.1, 0.15) is 0 Å². The molecule has 0 radical (unpaired) electrons. The average Bonchev–Trinajstić information content (AvgIpc) is 3.12. The van der Waals surface area contributed by atoms with Crippen molar-refractivity contribution in [1.29, 1.82) is 0 Å². The molecule has 0 heterocycles. The number of hydrogen-bond acceptors (Lipinski definition) is 0. The van der Waals surface area contributed by atoms with Gasteiger partial charge < -0.3 is 34.0 Å². The molecule has 0 fully saturated rings. The summed E-state index contributed by atoms with van der Waals surface area (Å²) in [6, 6.07) is 23.4. The first-order chi connectivity index (χ1) is 11.9. The van der Waals surface area contributed by atoms with Crippen molar-refractivity contribution in [2.75, 3.05) is 0 Å². The van der Waals surface area contributed by atoms with E-state index in [0.717, 1.165) is 0 Å². The van der Waals surface area contributed by atoms with E-state index in [-0.39, 0.29) is 65.6 Å². The Bertz CT molecular complexity index is 914. The molecule has 3 aromatic rings. The number of benzene rings is 2. The summed E-state index contributed by atoms with van der Waals surface area (Å²) in [4.78, 5) is 0. The molecule has 0 bridgehead atoms. The zero-order valence-electron chi connectivity index (χ0n) is 17.1. The van der Waals surface area contributed by atoms with Crippen LogP contribution < -0.4 is 34.0 Å². The molecule has 28 heavy (non-hydrogen) atoms. The van der Waals surface area contributed by atoms with Crippen molar-refractivity contribution in [2.45, 2.75) is 34.6 Å². The fraction of sp³-hybridized carbons (Fsp3) is 0.240. The molecule has 1 aliphatic carbocycles. The van der Waals surface area contributed by atoms with Crippen LogP contribution in [0.5, 0.6) is 0 Å². The summed E-state index contributed by atoms with van der Waals surface area (Å²) in [6.45, 7) is 10.9. The maximum Gasteiger partial charge on any atom is 4.00 e. The van der Waals surface area contributed by atoms with E-state index < -0.39 is 0 Å². The van der Waals surface area contributed by atoms with Crippen molar-refractivity contribution in [3.63, 3.8) is 0 Å². The topological polar surface area (TPSA) is 0 Å². The predicted octanol–water partition coefficient (Wildman–Crippen LogP) is 1.34. The molecular weight excluding hydrogens is 551 g/mol. The minimum Gasteiger partial charge on any atom is -1.00 e. The van der Waals surface area contributed by atoms with Crippen LogP contribution >= 0.6 is 0 Å². The third-order valence-electron chi connectivity index (χ3n) is 5.29. The molecule has 144 valence electrons. The summed E-state index contributed by atoms with van der Waals surface area (Å²) in [7, 11) is 0. The average molecular weight is 578 g/mol.